The number of hydrogen-bond donors (Lipinski definition) is 2. The molecule has 1 aromatic heterocycles. The van der Waals surface area contributed by atoms with Crippen molar-refractivity contribution in [2.75, 3.05) is 18.2 Å². The van der Waals surface area contributed by atoms with Crippen LogP contribution in [-0.2, 0) is 0 Å². The zero-order valence-corrected chi connectivity index (χ0v) is 10.3. The van der Waals surface area contributed by atoms with Gasteiger partial charge in [0, 0.05) is 11.8 Å². The summed E-state index contributed by atoms with van der Waals surface area (Å²) in [6, 6.07) is 7.58. The van der Waals surface area contributed by atoms with Gasteiger partial charge < -0.3 is 15.8 Å². The van der Waals surface area contributed by atoms with E-state index in [4.69, 9.17) is 22.1 Å². The molecule has 6 heteroatoms. The van der Waals surface area contributed by atoms with E-state index in [0.29, 0.717) is 23.1 Å². The third-order valence-electron chi connectivity index (χ3n) is 2.29. The van der Waals surface area contributed by atoms with E-state index in [1.807, 2.05) is 0 Å². The fourth-order valence-electron chi connectivity index (χ4n) is 1.38. The highest BCUT2D eigenvalue weighted by atomic mass is 35.5. The summed E-state index contributed by atoms with van der Waals surface area (Å²) in [5, 5.41) is 2.98. The number of benzene rings is 1. The first-order chi connectivity index (χ1) is 8.60. The van der Waals surface area contributed by atoms with Gasteiger partial charge in [-0.1, -0.05) is 11.6 Å². The molecule has 0 radical (unpaired) electrons. The van der Waals surface area contributed by atoms with Crippen molar-refractivity contribution in [3.05, 3.63) is 41.2 Å². The van der Waals surface area contributed by atoms with Gasteiger partial charge in [0.2, 0.25) is 5.88 Å². The SMILES string of the molecule is COc1ccc(N)c(Nc2ccc(F)c(Cl)c2)n1. The second-order valence-electron chi connectivity index (χ2n) is 3.55. The number of nitrogens with one attached hydrogen (secondary N) is 1. The number of aromatic nitrogens is 1. The van der Waals surface area contributed by atoms with Gasteiger partial charge >= 0.3 is 0 Å². The molecule has 0 bridgehead atoms. The van der Waals surface area contributed by atoms with Crippen molar-refractivity contribution in [2.24, 2.45) is 0 Å². The molecule has 0 spiro atoms. The molecule has 0 amide bonds. The molecular weight excluding hydrogens is 257 g/mol. The van der Waals surface area contributed by atoms with E-state index < -0.39 is 5.82 Å². The summed E-state index contributed by atoms with van der Waals surface area (Å²) in [7, 11) is 1.51. The molecule has 0 saturated carbocycles. The minimum Gasteiger partial charge on any atom is -0.481 e. The summed E-state index contributed by atoms with van der Waals surface area (Å²) >= 11 is 5.69. The van der Waals surface area contributed by atoms with Crippen LogP contribution in [0.3, 0.4) is 0 Å². The molecular formula is C12H11ClFN3O. The zero-order valence-electron chi connectivity index (χ0n) is 9.58. The van der Waals surface area contributed by atoms with E-state index in [1.54, 1.807) is 18.2 Å². The number of halogens is 2. The Morgan fingerprint density at radius 3 is 2.78 bits per heavy atom. The lowest BCUT2D eigenvalue weighted by atomic mass is 10.3. The molecule has 0 saturated heterocycles. The van der Waals surface area contributed by atoms with Gasteiger partial charge in [0.1, 0.15) is 5.82 Å². The Bertz CT molecular complexity index is 577. The molecule has 4 nitrogen and oxygen atoms in total. The van der Waals surface area contributed by atoms with Gasteiger partial charge in [-0.05, 0) is 24.3 Å². The van der Waals surface area contributed by atoms with E-state index in [1.165, 1.54) is 19.2 Å². The number of hydrogen-bond acceptors (Lipinski definition) is 4. The lowest BCUT2D eigenvalue weighted by molar-refractivity contribution is 0.398. The van der Waals surface area contributed by atoms with E-state index in [2.05, 4.69) is 10.3 Å². The quantitative estimate of drug-likeness (QED) is 0.896. The lowest BCUT2D eigenvalue weighted by Gasteiger charge is -2.10. The molecule has 0 aliphatic heterocycles. The third-order valence-corrected chi connectivity index (χ3v) is 2.58. The number of nitrogens with two attached hydrogens (primary N) is 1. The van der Waals surface area contributed by atoms with Crippen molar-refractivity contribution in [1.82, 2.24) is 4.98 Å². The maximum Gasteiger partial charge on any atom is 0.215 e. The second kappa shape index (κ2) is 5.10. The molecule has 0 atom stereocenters. The molecule has 0 unspecified atom stereocenters. The summed E-state index contributed by atoms with van der Waals surface area (Å²) in [4.78, 5) is 4.14. The van der Waals surface area contributed by atoms with Crippen LogP contribution in [0.4, 0.5) is 21.6 Å². The summed E-state index contributed by atoms with van der Waals surface area (Å²) < 4.78 is 18.0. The van der Waals surface area contributed by atoms with Gasteiger partial charge in [-0.15, -0.1) is 0 Å². The van der Waals surface area contributed by atoms with E-state index in [9.17, 15) is 4.39 Å². The van der Waals surface area contributed by atoms with Crippen LogP contribution in [0.15, 0.2) is 30.3 Å². The summed E-state index contributed by atoms with van der Waals surface area (Å²) in [5.41, 5.74) is 6.82. The number of pyridine rings is 1. The molecule has 1 heterocycles. The number of nitrogen functional groups attached to an aromatic ring is 1. The molecule has 0 aliphatic rings. The predicted octanol–water partition coefficient (Wildman–Crippen LogP) is 3.21. The Morgan fingerprint density at radius 1 is 1.33 bits per heavy atom. The maximum atomic E-state index is 13.0. The van der Waals surface area contributed by atoms with Crippen molar-refractivity contribution < 1.29 is 9.13 Å². The summed E-state index contributed by atoms with van der Waals surface area (Å²) in [6.07, 6.45) is 0. The Morgan fingerprint density at radius 2 is 2.11 bits per heavy atom. The van der Waals surface area contributed by atoms with E-state index >= 15 is 0 Å². The van der Waals surface area contributed by atoms with Crippen LogP contribution in [0.5, 0.6) is 5.88 Å². The first-order valence-corrected chi connectivity index (χ1v) is 5.50. The number of ether oxygens (including phenoxy) is 1. The molecule has 3 N–H and O–H groups in total. The van der Waals surface area contributed by atoms with Crippen molar-refractivity contribution in [1.29, 1.82) is 0 Å². The highest BCUT2D eigenvalue weighted by Crippen LogP contribution is 2.26. The van der Waals surface area contributed by atoms with Crippen molar-refractivity contribution in [3.63, 3.8) is 0 Å². The van der Waals surface area contributed by atoms with Gasteiger partial charge in [0.05, 0.1) is 17.8 Å². The molecule has 0 fully saturated rings. The molecule has 2 rings (SSSR count). The fraction of sp³-hybridized carbons (Fsp3) is 0.0833. The minimum absolute atomic E-state index is 0.0291. The molecule has 0 aliphatic carbocycles. The first-order valence-electron chi connectivity index (χ1n) is 5.12. The maximum absolute atomic E-state index is 13.0. The lowest BCUT2D eigenvalue weighted by Crippen LogP contribution is -2.00. The number of nitrogens with zero attached hydrogens (tertiary/aromatic N) is 1. The van der Waals surface area contributed by atoms with Crippen molar-refractivity contribution in [2.45, 2.75) is 0 Å². The van der Waals surface area contributed by atoms with E-state index in [0.717, 1.165) is 0 Å². The molecule has 94 valence electrons. The third kappa shape index (κ3) is 2.62. The highest BCUT2D eigenvalue weighted by molar-refractivity contribution is 6.31. The van der Waals surface area contributed by atoms with E-state index in [-0.39, 0.29) is 5.02 Å². The van der Waals surface area contributed by atoms with Crippen molar-refractivity contribution in [3.8, 4) is 5.88 Å². The van der Waals surface area contributed by atoms with Gasteiger partial charge in [-0.2, -0.15) is 4.98 Å². The van der Waals surface area contributed by atoms with Crippen LogP contribution >= 0.6 is 11.6 Å². The summed E-state index contributed by atoms with van der Waals surface area (Å²) in [6.45, 7) is 0. The minimum atomic E-state index is -0.478. The van der Waals surface area contributed by atoms with Crippen LogP contribution < -0.4 is 15.8 Å². The molecule has 1 aromatic carbocycles. The van der Waals surface area contributed by atoms with Crippen molar-refractivity contribution >= 4 is 28.8 Å². The molecule has 2 aromatic rings. The number of methoxy groups -OCH3 is 1. The smallest absolute Gasteiger partial charge is 0.215 e. The Hall–Kier alpha value is -2.01. The van der Waals surface area contributed by atoms with Crippen LogP contribution in [0.2, 0.25) is 5.02 Å². The van der Waals surface area contributed by atoms with Crippen LogP contribution in [0.25, 0.3) is 0 Å². The Balaban J connectivity index is 2.30. The second-order valence-corrected chi connectivity index (χ2v) is 3.95. The monoisotopic (exact) mass is 267 g/mol. The van der Waals surface area contributed by atoms with Gasteiger partial charge in [-0.3, -0.25) is 0 Å². The number of anilines is 3. The van der Waals surface area contributed by atoms with Gasteiger partial charge in [0.25, 0.3) is 0 Å². The Kier molecular flexibility index (Phi) is 3.53. The normalized spacial score (nSPS) is 10.2. The first kappa shape index (κ1) is 12.4. The largest absolute Gasteiger partial charge is 0.481 e. The van der Waals surface area contributed by atoms with Crippen LogP contribution in [0, 0.1) is 5.82 Å². The van der Waals surface area contributed by atoms with Crippen LogP contribution in [-0.4, -0.2) is 12.1 Å². The van der Waals surface area contributed by atoms with Crippen LogP contribution in [0.1, 0.15) is 0 Å². The highest BCUT2D eigenvalue weighted by Gasteiger charge is 2.06. The standard InChI is InChI=1S/C12H11ClFN3O/c1-18-11-5-4-10(15)12(17-11)16-7-2-3-9(14)8(13)6-7/h2-6H,15H2,1H3,(H,16,17). The number of rotatable bonds is 3. The topological polar surface area (TPSA) is 60.2 Å². The zero-order chi connectivity index (χ0) is 13.1. The fourth-order valence-corrected chi connectivity index (χ4v) is 1.56. The molecule has 18 heavy (non-hydrogen) atoms. The predicted molar refractivity (Wildman–Crippen MR) is 69.9 cm³/mol. The average Bonchev–Trinajstić information content (AvgIpc) is 2.36. The Labute approximate surface area is 109 Å². The van der Waals surface area contributed by atoms with Gasteiger partial charge in [0.15, 0.2) is 5.82 Å². The average molecular weight is 268 g/mol. The summed E-state index contributed by atoms with van der Waals surface area (Å²) in [5.74, 6) is 0.380. The van der Waals surface area contributed by atoms with Gasteiger partial charge in [-0.25, -0.2) is 4.39 Å².